The molecule has 9 heteroatoms. The predicted molar refractivity (Wildman–Crippen MR) is 68.0 cm³/mol. The van der Waals surface area contributed by atoms with Gasteiger partial charge >= 0.3 is 0 Å². The van der Waals surface area contributed by atoms with Crippen LogP contribution in [0.25, 0.3) is 0 Å². The van der Waals surface area contributed by atoms with E-state index in [1.165, 1.54) is 6.92 Å². The van der Waals surface area contributed by atoms with Gasteiger partial charge in [0.1, 0.15) is 5.82 Å². The van der Waals surface area contributed by atoms with Crippen molar-refractivity contribution in [2.24, 2.45) is 5.73 Å². The molecule has 0 aliphatic carbocycles. The summed E-state index contributed by atoms with van der Waals surface area (Å²) < 4.78 is 64.4. The fourth-order valence-electron chi connectivity index (χ4n) is 1.27. The fourth-order valence-corrected chi connectivity index (χ4v) is 3.08. The number of benzene rings is 1. The summed E-state index contributed by atoms with van der Waals surface area (Å²) >= 11 is 2.84. The summed E-state index contributed by atoms with van der Waals surface area (Å²) in [5.74, 6) is -3.97. The number of nitrogens with two attached hydrogens (primary N) is 1. The van der Waals surface area contributed by atoms with Crippen LogP contribution in [0.1, 0.15) is 5.56 Å². The van der Waals surface area contributed by atoms with Gasteiger partial charge in [0.05, 0.1) is 22.5 Å². The van der Waals surface area contributed by atoms with Gasteiger partial charge in [0.15, 0.2) is 0 Å². The van der Waals surface area contributed by atoms with Gasteiger partial charge < -0.3 is 5.73 Å². The summed E-state index contributed by atoms with van der Waals surface area (Å²) in [7, 11) is -4.16. The molecule has 0 bridgehead atoms. The summed E-state index contributed by atoms with van der Waals surface area (Å²) in [5.41, 5.74) is 4.92. The van der Waals surface area contributed by atoms with Crippen LogP contribution in [0.3, 0.4) is 0 Å². The average molecular weight is 361 g/mol. The van der Waals surface area contributed by atoms with E-state index >= 15 is 0 Å². The Morgan fingerprint density at radius 3 is 2.53 bits per heavy atom. The normalized spacial score (nSPS) is 12.7. The molecular formula is C10H12BrF3N2O2S. The number of halogens is 4. The maximum absolute atomic E-state index is 13.2. The molecule has 19 heavy (non-hydrogen) atoms. The van der Waals surface area contributed by atoms with E-state index in [0.717, 1.165) is 12.1 Å². The number of aryl methyl sites for hydroxylation is 1. The number of hydrogen-bond donors (Lipinski definition) is 2. The van der Waals surface area contributed by atoms with Crippen molar-refractivity contribution in [3.63, 3.8) is 0 Å². The molecule has 1 rings (SSSR count). The van der Waals surface area contributed by atoms with Crippen LogP contribution in [-0.4, -0.2) is 27.4 Å². The molecule has 0 aromatic heterocycles. The van der Waals surface area contributed by atoms with Gasteiger partial charge in [-0.2, -0.15) is 0 Å². The lowest BCUT2D eigenvalue weighted by atomic mass is 10.2. The Labute approximate surface area is 117 Å². The zero-order chi connectivity index (χ0) is 14.8. The Hall–Kier alpha value is -0.640. The molecule has 0 heterocycles. The van der Waals surface area contributed by atoms with E-state index < -0.39 is 34.9 Å². The molecule has 0 saturated carbocycles. The Balaban J connectivity index is 3.05. The first-order valence-corrected chi connectivity index (χ1v) is 7.40. The predicted octanol–water partition coefficient (Wildman–Crippen LogP) is 1.77. The highest BCUT2D eigenvalue weighted by Gasteiger charge is 2.30. The van der Waals surface area contributed by atoms with Crippen LogP contribution in [0, 0.1) is 12.7 Å². The second-order valence-electron chi connectivity index (χ2n) is 3.92. The van der Waals surface area contributed by atoms with Crippen LogP contribution in [0.15, 0.2) is 21.5 Å². The standard InChI is InChI=1S/C10H12BrF3N2O2S/c1-6-2-8(12)7(11)3-9(6)19(17,18)16-5-10(13,14)4-15/h2-3,16H,4-5,15H2,1H3. The number of hydrogen-bond acceptors (Lipinski definition) is 3. The molecule has 0 amide bonds. The first-order valence-electron chi connectivity index (χ1n) is 5.12. The summed E-state index contributed by atoms with van der Waals surface area (Å²) in [6.07, 6.45) is 0. The monoisotopic (exact) mass is 360 g/mol. The third-order valence-electron chi connectivity index (χ3n) is 2.33. The number of sulfonamides is 1. The third-order valence-corrected chi connectivity index (χ3v) is 4.48. The highest BCUT2D eigenvalue weighted by molar-refractivity contribution is 9.10. The van der Waals surface area contributed by atoms with Gasteiger partial charge in [0.2, 0.25) is 10.0 Å². The first-order chi connectivity index (χ1) is 8.59. The zero-order valence-corrected chi connectivity index (χ0v) is 12.3. The summed E-state index contributed by atoms with van der Waals surface area (Å²) in [5, 5.41) is 0. The van der Waals surface area contributed by atoms with Gasteiger partial charge in [-0.1, -0.05) is 0 Å². The van der Waals surface area contributed by atoms with Crippen molar-refractivity contribution in [1.29, 1.82) is 0 Å². The van der Waals surface area contributed by atoms with Crippen molar-refractivity contribution in [3.8, 4) is 0 Å². The molecule has 3 N–H and O–H groups in total. The minimum Gasteiger partial charge on any atom is -0.325 e. The second kappa shape index (κ2) is 5.78. The van der Waals surface area contributed by atoms with Crippen LogP contribution in [0.5, 0.6) is 0 Å². The largest absolute Gasteiger partial charge is 0.325 e. The molecule has 0 fully saturated rings. The van der Waals surface area contributed by atoms with Crippen molar-refractivity contribution in [2.75, 3.05) is 13.1 Å². The van der Waals surface area contributed by atoms with Crippen molar-refractivity contribution in [2.45, 2.75) is 17.7 Å². The van der Waals surface area contributed by atoms with E-state index in [1.807, 2.05) is 0 Å². The zero-order valence-electron chi connectivity index (χ0n) is 9.88. The van der Waals surface area contributed by atoms with Gasteiger partial charge in [-0.3, -0.25) is 0 Å². The van der Waals surface area contributed by atoms with Crippen molar-refractivity contribution in [1.82, 2.24) is 4.72 Å². The van der Waals surface area contributed by atoms with Crippen LogP contribution >= 0.6 is 15.9 Å². The van der Waals surface area contributed by atoms with Crippen LogP contribution < -0.4 is 10.5 Å². The van der Waals surface area contributed by atoms with Gasteiger partial charge in [-0.15, -0.1) is 0 Å². The molecule has 1 aromatic carbocycles. The Kier molecular flexibility index (Phi) is 4.99. The molecule has 0 spiro atoms. The minimum atomic E-state index is -4.16. The smallest absolute Gasteiger partial charge is 0.273 e. The Bertz CT molecular complexity index is 578. The van der Waals surface area contributed by atoms with E-state index in [-0.39, 0.29) is 14.9 Å². The van der Waals surface area contributed by atoms with Gasteiger partial charge in [0.25, 0.3) is 5.92 Å². The second-order valence-corrected chi connectivity index (χ2v) is 6.51. The molecule has 0 saturated heterocycles. The van der Waals surface area contributed by atoms with E-state index in [2.05, 4.69) is 15.9 Å². The maximum atomic E-state index is 13.2. The molecule has 0 atom stereocenters. The van der Waals surface area contributed by atoms with Crippen LogP contribution in [0.4, 0.5) is 13.2 Å². The van der Waals surface area contributed by atoms with Gasteiger partial charge in [0, 0.05) is 0 Å². The molecule has 0 aliphatic rings. The summed E-state index contributed by atoms with van der Waals surface area (Å²) in [6, 6.07) is 2.02. The third kappa shape index (κ3) is 4.16. The van der Waals surface area contributed by atoms with Crippen molar-refractivity contribution in [3.05, 3.63) is 28.0 Å². The lowest BCUT2D eigenvalue weighted by Crippen LogP contribution is -2.41. The quantitative estimate of drug-likeness (QED) is 0.840. The van der Waals surface area contributed by atoms with Crippen LogP contribution in [-0.2, 0) is 10.0 Å². The van der Waals surface area contributed by atoms with Crippen molar-refractivity contribution < 1.29 is 21.6 Å². The maximum Gasteiger partial charge on any atom is 0.273 e. The van der Waals surface area contributed by atoms with E-state index in [9.17, 15) is 21.6 Å². The van der Waals surface area contributed by atoms with Crippen molar-refractivity contribution >= 4 is 26.0 Å². The molecule has 1 aromatic rings. The lowest BCUT2D eigenvalue weighted by molar-refractivity contribution is 0.0170. The van der Waals surface area contributed by atoms with Gasteiger partial charge in [-0.05, 0) is 40.5 Å². The average Bonchev–Trinajstić information content (AvgIpc) is 2.31. The lowest BCUT2D eigenvalue weighted by Gasteiger charge is -2.15. The number of rotatable bonds is 5. The number of alkyl halides is 2. The Morgan fingerprint density at radius 1 is 1.42 bits per heavy atom. The molecular weight excluding hydrogens is 349 g/mol. The van der Waals surface area contributed by atoms with E-state index in [1.54, 1.807) is 4.72 Å². The topological polar surface area (TPSA) is 72.2 Å². The van der Waals surface area contributed by atoms with Crippen LogP contribution in [0.2, 0.25) is 0 Å². The van der Waals surface area contributed by atoms with E-state index in [4.69, 9.17) is 5.73 Å². The molecule has 0 aliphatic heterocycles. The number of nitrogens with one attached hydrogen (secondary N) is 1. The summed E-state index contributed by atoms with van der Waals surface area (Å²) in [6.45, 7) is -0.715. The SMILES string of the molecule is Cc1cc(F)c(Br)cc1S(=O)(=O)NCC(F)(F)CN. The molecule has 0 unspecified atom stereocenters. The Morgan fingerprint density at radius 2 is 2.00 bits per heavy atom. The highest BCUT2D eigenvalue weighted by Crippen LogP contribution is 2.24. The summed E-state index contributed by atoms with van der Waals surface area (Å²) in [4.78, 5) is -0.270. The van der Waals surface area contributed by atoms with E-state index in [0.29, 0.717) is 0 Å². The minimum absolute atomic E-state index is 0.0657. The molecule has 108 valence electrons. The first kappa shape index (κ1) is 16.4. The molecule has 4 nitrogen and oxygen atoms in total. The molecule has 0 radical (unpaired) electrons. The fraction of sp³-hybridized carbons (Fsp3) is 0.400. The van der Waals surface area contributed by atoms with Gasteiger partial charge in [-0.25, -0.2) is 26.3 Å². The highest BCUT2D eigenvalue weighted by atomic mass is 79.9.